The lowest BCUT2D eigenvalue weighted by Crippen LogP contribution is -2.24. The van der Waals surface area contributed by atoms with Gasteiger partial charge < -0.3 is 4.90 Å². The molecule has 5 heteroatoms. The van der Waals surface area contributed by atoms with Gasteiger partial charge in [-0.3, -0.25) is 9.78 Å². The second kappa shape index (κ2) is 9.96. The molecule has 0 saturated heterocycles. The first-order chi connectivity index (χ1) is 15.6. The quantitative estimate of drug-likeness (QED) is 0.323. The topological polar surface area (TPSA) is 33.2 Å². The fraction of sp³-hybridized carbons (Fsp3) is 0.111. The average molecular weight is 428 g/mol. The zero-order valence-corrected chi connectivity index (χ0v) is 17.4. The smallest absolute Gasteiger partial charge is 0.173 e. The molecule has 4 rings (SSSR count). The van der Waals surface area contributed by atoms with Gasteiger partial charge in [0.15, 0.2) is 11.6 Å². The molecule has 3 aromatic carbocycles. The van der Waals surface area contributed by atoms with E-state index in [2.05, 4.69) is 4.98 Å². The minimum absolute atomic E-state index is 0.100. The summed E-state index contributed by atoms with van der Waals surface area (Å²) in [6.45, 7) is 0.826. The molecule has 0 aliphatic heterocycles. The van der Waals surface area contributed by atoms with Crippen molar-refractivity contribution in [1.82, 2.24) is 4.98 Å². The summed E-state index contributed by atoms with van der Waals surface area (Å²) in [7, 11) is 0. The van der Waals surface area contributed by atoms with Crippen LogP contribution in [0.3, 0.4) is 0 Å². The number of Topliss-reactive ketones (excluding diaryl/α,β-unsaturated/α-hetero) is 1. The average Bonchev–Trinajstić information content (AvgIpc) is 2.81. The van der Waals surface area contributed by atoms with E-state index in [-0.39, 0.29) is 12.1 Å². The zero-order chi connectivity index (χ0) is 22.3. The molecule has 1 aromatic heterocycles. The van der Waals surface area contributed by atoms with E-state index in [0.29, 0.717) is 18.7 Å². The van der Waals surface area contributed by atoms with Gasteiger partial charge >= 0.3 is 0 Å². The van der Waals surface area contributed by atoms with Crippen molar-refractivity contribution in [3.05, 3.63) is 131 Å². The number of nitrogens with zero attached hydrogens (tertiary/aromatic N) is 2. The van der Waals surface area contributed by atoms with Gasteiger partial charge in [0, 0.05) is 31.9 Å². The highest BCUT2D eigenvalue weighted by molar-refractivity contribution is 5.99. The number of rotatable bonds is 8. The van der Waals surface area contributed by atoms with Crippen molar-refractivity contribution in [2.24, 2.45) is 0 Å². The third kappa shape index (κ3) is 5.06. The zero-order valence-electron chi connectivity index (χ0n) is 17.4. The van der Waals surface area contributed by atoms with E-state index in [4.69, 9.17) is 0 Å². The molecule has 0 fully saturated rings. The van der Waals surface area contributed by atoms with Crippen molar-refractivity contribution in [2.45, 2.75) is 19.5 Å². The Morgan fingerprint density at radius 2 is 1.28 bits per heavy atom. The number of aromatic nitrogens is 1. The van der Waals surface area contributed by atoms with E-state index in [1.807, 2.05) is 65.6 Å². The van der Waals surface area contributed by atoms with Gasteiger partial charge in [-0.1, -0.05) is 60.7 Å². The number of benzene rings is 3. The van der Waals surface area contributed by atoms with Gasteiger partial charge in [-0.15, -0.1) is 0 Å². The fourth-order valence-corrected chi connectivity index (χ4v) is 3.65. The number of pyridine rings is 1. The molecule has 4 aromatic rings. The minimum Gasteiger partial charge on any atom is -0.360 e. The number of carbonyl (C=O) groups excluding carboxylic acids is 1. The van der Waals surface area contributed by atoms with Crippen LogP contribution in [0.2, 0.25) is 0 Å². The highest BCUT2D eigenvalue weighted by Crippen LogP contribution is 2.28. The molecule has 0 saturated carbocycles. The summed E-state index contributed by atoms with van der Waals surface area (Å²) >= 11 is 0. The van der Waals surface area contributed by atoms with Crippen LogP contribution in [0.15, 0.2) is 97.3 Å². The molecule has 0 unspecified atom stereocenters. The highest BCUT2D eigenvalue weighted by atomic mass is 19.1. The molecule has 0 radical (unpaired) electrons. The van der Waals surface area contributed by atoms with Crippen LogP contribution in [0.25, 0.3) is 0 Å². The van der Waals surface area contributed by atoms with Crippen LogP contribution in [-0.4, -0.2) is 10.8 Å². The lowest BCUT2D eigenvalue weighted by molar-refractivity contribution is 0.0985. The molecule has 3 nitrogen and oxygen atoms in total. The summed E-state index contributed by atoms with van der Waals surface area (Å²) < 4.78 is 30.2. The summed E-state index contributed by atoms with van der Waals surface area (Å²) in [4.78, 5) is 18.6. The Hall–Kier alpha value is -3.86. The van der Waals surface area contributed by atoms with E-state index in [1.165, 1.54) is 12.1 Å². The monoisotopic (exact) mass is 428 g/mol. The molecule has 0 aliphatic rings. The standard InChI is InChI=1S/C27H22F2N2O/c28-23-11-12-24(27(29)26(23)25(32)17-20-13-15-30-16-14-20)31(18-21-7-3-1-4-8-21)19-22-9-5-2-6-10-22/h1-16H,17-19H2. The molecule has 32 heavy (non-hydrogen) atoms. The Morgan fingerprint density at radius 1 is 0.719 bits per heavy atom. The molecule has 0 spiro atoms. The number of carbonyl (C=O) groups is 1. The van der Waals surface area contributed by atoms with Gasteiger partial charge in [0.2, 0.25) is 0 Å². The second-order valence-electron chi connectivity index (χ2n) is 7.54. The minimum atomic E-state index is -0.857. The highest BCUT2D eigenvalue weighted by Gasteiger charge is 2.23. The van der Waals surface area contributed by atoms with Gasteiger partial charge in [0.1, 0.15) is 5.82 Å². The maximum atomic E-state index is 15.6. The van der Waals surface area contributed by atoms with Crippen LogP contribution < -0.4 is 4.90 Å². The molecule has 0 N–H and O–H groups in total. The third-order valence-corrected chi connectivity index (χ3v) is 5.24. The van der Waals surface area contributed by atoms with Crippen molar-refractivity contribution in [3.8, 4) is 0 Å². The molecule has 0 atom stereocenters. The summed E-state index contributed by atoms with van der Waals surface area (Å²) in [5.41, 5.74) is 2.30. The summed E-state index contributed by atoms with van der Waals surface area (Å²) in [6.07, 6.45) is 3.00. The second-order valence-corrected chi connectivity index (χ2v) is 7.54. The largest absolute Gasteiger partial charge is 0.360 e. The molecule has 160 valence electrons. The summed E-state index contributed by atoms with van der Waals surface area (Å²) in [5.74, 6) is -2.30. The summed E-state index contributed by atoms with van der Waals surface area (Å²) in [6, 6.07) is 25.2. The van der Waals surface area contributed by atoms with Crippen molar-refractivity contribution in [2.75, 3.05) is 4.90 Å². The molecular weight excluding hydrogens is 406 g/mol. The maximum Gasteiger partial charge on any atom is 0.173 e. The number of hydrogen-bond donors (Lipinski definition) is 0. The van der Waals surface area contributed by atoms with Crippen LogP contribution in [-0.2, 0) is 19.5 Å². The van der Waals surface area contributed by atoms with E-state index >= 15 is 4.39 Å². The van der Waals surface area contributed by atoms with Gasteiger partial charge in [-0.2, -0.15) is 0 Å². The van der Waals surface area contributed by atoms with Crippen molar-refractivity contribution < 1.29 is 13.6 Å². The lowest BCUT2D eigenvalue weighted by atomic mass is 10.0. The van der Waals surface area contributed by atoms with Crippen molar-refractivity contribution in [1.29, 1.82) is 0 Å². The van der Waals surface area contributed by atoms with E-state index in [9.17, 15) is 9.18 Å². The Balaban J connectivity index is 1.70. The Morgan fingerprint density at radius 3 is 1.84 bits per heavy atom. The van der Waals surface area contributed by atoms with Crippen LogP contribution >= 0.6 is 0 Å². The number of anilines is 1. The van der Waals surface area contributed by atoms with Gasteiger partial charge in [0.25, 0.3) is 0 Å². The van der Waals surface area contributed by atoms with Gasteiger partial charge in [0.05, 0.1) is 11.3 Å². The SMILES string of the molecule is O=C(Cc1ccncc1)c1c(F)ccc(N(Cc2ccccc2)Cc2ccccc2)c1F. The predicted octanol–water partition coefficient (Wildman–Crippen LogP) is 5.99. The maximum absolute atomic E-state index is 15.6. The number of ketones is 1. The van der Waals surface area contributed by atoms with Crippen LogP contribution in [0.4, 0.5) is 14.5 Å². The normalized spacial score (nSPS) is 10.7. The number of hydrogen-bond acceptors (Lipinski definition) is 3. The van der Waals surface area contributed by atoms with E-state index < -0.39 is 23.0 Å². The van der Waals surface area contributed by atoms with Crippen LogP contribution in [0, 0.1) is 11.6 Å². The first kappa shape index (κ1) is 21.4. The molecule has 0 bridgehead atoms. The Labute approximate surface area is 186 Å². The third-order valence-electron chi connectivity index (χ3n) is 5.24. The lowest BCUT2D eigenvalue weighted by Gasteiger charge is -2.26. The van der Waals surface area contributed by atoms with Crippen molar-refractivity contribution >= 4 is 11.5 Å². The fourth-order valence-electron chi connectivity index (χ4n) is 3.65. The van der Waals surface area contributed by atoms with E-state index in [1.54, 1.807) is 24.5 Å². The molecule has 0 aliphatic carbocycles. The van der Waals surface area contributed by atoms with Crippen LogP contribution in [0.1, 0.15) is 27.0 Å². The van der Waals surface area contributed by atoms with Crippen molar-refractivity contribution in [3.63, 3.8) is 0 Å². The molecule has 1 heterocycles. The first-order valence-electron chi connectivity index (χ1n) is 10.3. The molecular formula is C27H22F2N2O. The van der Waals surface area contributed by atoms with E-state index in [0.717, 1.165) is 11.1 Å². The van der Waals surface area contributed by atoms with Gasteiger partial charge in [-0.05, 0) is 41.0 Å². The Kier molecular flexibility index (Phi) is 6.66. The van der Waals surface area contributed by atoms with Gasteiger partial charge in [-0.25, -0.2) is 8.78 Å². The van der Waals surface area contributed by atoms with Crippen LogP contribution in [0.5, 0.6) is 0 Å². The molecule has 0 amide bonds. The Bertz CT molecular complexity index is 1140. The summed E-state index contributed by atoms with van der Waals surface area (Å²) in [5, 5.41) is 0. The first-order valence-corrected chi connectivity index (χ1v) is 10.3. The number of halogens is 2. The predicted molar refractivity (Wildman–Crippen MR) is 121 cm³/mol.